The molecule has 0 unspecified atom stereocenters. The van der Waals surface area contributed by atoms with Crippen LogP contribution in [0, 0.1) is 0 Å². The molecule has 0 radical (unpaired) electrons. The summed E-state index contributed by atoms with van der Waals surface area (Å²) in [4.78, 5) is 10.3. The smallest absolute Gasteiger partial charge is 0.335 e. The van der Waals surface area contributed by atoms with E-state index in [2.05, 4.69) is 0 Å². The van der Waals surface area contributed by atoms with Crippen molar-refractivity contribution in [3.05, 3.63) is 35.4 Å². The van der Waals surface area contributed by atoms with Gasteiger partial charge in [0.1, 0.15) is 0 Å². The van der Waals surface area contributed by atoms with E-state index in [4.69, 9.17) is 10.2 Å². The maximum Gasteiger partial charge on any atom is 0.335 e. The van der Waals surface area contributed by atoms with Crippen molar-refractivity contribution in [3.8, 4) is 0 Å². The van der Waals surface area contributed by atoms with Crippen LogP contribution in [0.2, 0.25) is 0 Å². The standard InChI is InChI=1S/C8H8O3.ClH/c9-5-6-1-3-7(4-2-6)8(10)11;/h1-4,9H,5H2,(H,10,11);1H. The molecule has 66 valence electrons. The van der Waals surface area contributed by atoms with Crippen LogP contribution in [0.25, 0.3) is 0 Å². The molecule has 0 bridgehead atoms. The Kier molecular flexibility index (Phi) is 4.33. The molecule has 0 saturated carbocycles. The molecule has 1 aromatic rings. The number of halogens is 1. The zero-order valence-electron chi connectivity index (χ0n) is 6.23. The molecule has 0 spiro atoms. The monoisotopic (exact) mass is 188 g/mol. The number of aliphatic hydroxyl groups is 1. The molecular weight excluding hydrogens is 180 g/mol. The number of rotatable bonds is 2. The Balaban J connectivity index is 0.00000121. The summed E-state index contributed by atoms with van der Waals surface area (Å²) in [6, 6.07) is 6.11. The molecule has 0 saturated heterocycles. The Morgan fingerprint density at radius 2 is 1.75 bits per heavy atom. The summed E-state index contributed by atoms with van der Waals surface area (Å²) in [5.74, 6) is -0.950. The summed E-state index contributed by atoms with van der Waals surface area (Å²) in [6.45, 7) is -0.0557. The highest BCUT2D eigenvalue weighted by Crippen LogP contribution is 2.03. The van der Waals surface area contributed by atoms with Crippen LogP contribution >= 0.6 is 12.4 Å². The lowest BCUT2D eigenvalue weighted by Crippen LogP contribution is -1.95. The summed E-state index contributed by atoms with van der Waals surface area (Å²) >= 11 is 0. The number of carboxylic acids is 1. The van der Waals surface area contributed by atoms with Crippen LogP contribution in [0.3, 0.4) is 0 Å². The van der Waals surface area contributed by atoms with Gasteiger partial charge in [-0.25, -0.2) is 4.79 Å². The Morgan fingerprint density at radius 1 is 1.25 bits per heavy atom. The predicted molar refractivity (Wildman–Crippen MR) is 46.6 cm³/mol. The maximum atomic E-state index is 10.3. The number of carboxylic acid groups (broad SMARTS) is 1. The van der Waals surface area contributed by atoms with Gasteiger partial charge in [-0.1, -0.05) is 12.1 Å². The minimum absolute atomic E-state index is 0. The largest absolute Gasteiger partial charge is 0.478 e. The molecule has 0 amide bonds. The molecule has 0 atom stereocenters. The third-order valence-corrected chi connectivity index (χ3v) is 1.38. The van der Waals surface area contributed by atoms with Crippen LogP contribution in [0.4, 0.5) is 0 Å². The summed E-state index contributed by atoms with van der Waals surface area (Å²) < 4.78 is 0. The third-order valence-electron chi connectivity index (χ3n) is 1.38. The molecule has 12 heavy (non-hydrogen) atoms. The summed E-state index contributed by atoms with van der Waals surface area (Å²) in [5, 5.41) is 17.1. The second-order valence-corrected chi connectivity index (χ2v) is 2.16. The van der Waals surface area contributed by atoms with Gasteiger partial charge >= 0.3 is 5.97 Å². The zero-order chi connectivity index (χ0) is 8.27. The normalized spacial score (nSPS) is 8.75. The van der Waals surface area contributed by atoms with Crippen molar-refractivity contribution in [2.24, 2.45) is 0 Å². The van der Waals surface area contributed by atoms with Crippen molar-refractivity contribution in [2.75, 3.05) is 0 Å². The van der Waals surface area contributed by atoms with Crippen LogP contribution in [0.15, 0.2) is 24.3 Å². The van der Waals surface area contributed by atoms with E-state index in [1.165, 1.54) is 12.1 Å². The van der Waals surface area contributed by atoms with Crippen LogP contribution < -0.4 is 0 Å². The molecule has 0 heterocycles. The van der Waals surface area contributed by atoms with Gasteiger partial charge in [-0.3, -0.25) is 0 Å². The average Bonchev–Trinajstić information content (AvgIpc) is 2.05. The first-order valence-electron chi connectivity index (χ1n) is 3.17. The fraction of sp³-hybridized carbons (Fsp3) is 0.125. The Bertz CT molecular complexity index is 256. The molecule has 0 fully saturated rings. The highest BCUT2D eigenvalue weighted by molar-refractivity contribution is 5.87. The topological polar surface area (TPSA) is 57.5 Å². The third kappa shape index (κ3) is 2.53. The molecule has 0 aromatic heterocycles. The van der Waals surface area contributed by atoms with E-state index in [0.717, 1.165) is 5.56 Å². The van der Waals surface area contributed by atoms with Gasteiger partial charge in [0, 0.05) is 0 Å². The average molecular weight is 189 g/mol. The molecule has 4 heteroatoms. The second-order valence-electron chi connectivity index (χ2n) is 2.16. The van der Waals surface area contributed by atoms with E-state index in [9.17, 15) is 4.79 Å². The molecule has 3 nitrogen and oxygen atoms in total. The Labute approximate surface area is 76.1 Å². The number of carbonyl (C=O) groups is 1. The van der Waals surface area contributed by atoms with Gasteiger partial charge in [-0.15, -0.1) is 12.4 Å². The van der Waals surface area contributed by atoms with Crippen molar-refractivity contribution in [3.63, 3.8) is 0 Å². The van der Waals surface area contributed by atoms with E-state index in [0.29, 0.717) is 0 Å². The van der Waals surface area contributed by atoms with Crippen LogP contribution in [-0.4, -0.2) is 16.2 Å². The molecule has 0 aliphatic heterocycles. The SMILES string of the molecule is Cl.O=C(O)c1ccc(CO)cc1. The maximum absolute atomic E-state index is 10.3. The highest BCUT2D eigenvalue weighted by atomic mass is 35.5. The number of hydrogen-bond donors (Lipinski definition) is 2. The molecule has 0 aliphatic carbocycles. The first kappa shape index (κ1) is 10.9. The molecule has 1 aromatic carbocycles. The lowest BCUT2D eigenvalue weighted by atomic mass is 10.1. The molecule has 2 N–H and O–H groups in total. The minimum Gasteiger partial charge on any atom is -0.478 e. The van der Waals surface area contributed by atoms with Gasteiger partial charge in [-0.05, 0) is 17.7 Å². The van der Waals surface area contributed by atoms with E-state index in [1.54, 1.807) is 12.1 Å². The molecule has 1 rings (SSSR count). The van der Waals surface area contributed by atoms with Crippen LogP contribution in [0.5, 0.6) is 0 Å². The molecular formula is C8H9ClO3. The van der Waals surface area contributed by atoms with Crippen LogP contribution in [0.1, 0.15) is 15.9 Å². The van der Waals surface area contributed by atoms with E-state index in [-0.39, 0.29) is 24.6 Å². The van der Waals surface area contributed by atoms with Crippen molar-refractivity contribution >= 4 is 18.4 Å². The van der Waals surface area contributed by atoms with Gasteiger partial charge < -0.3 is 10.2 Å². The predicted octanol–water partition coefficient (Wildman–Crippen LogP) is 1.30. The fourth-order valence-corrected chi connectivity index (χ4v) is 0.753. The number of aromatic carboxylic acids is 1. The van der Waals surface area contributed by atoms with Gasteiger partial charge in [-0.2, -0.15) is 0 Å². The lowest BCUT2D eigenvalue weighted by molar-refractivity contribution is 0.0697. The fourth-order valence-electron chi connectivity index (χ4n) is 0.753. The van der Waals surface area contributed by atoms with Gasteiger partial charge in [0.15, 0.2) is 0 Å². The number of hydrogen-bond acceptors (Lipinski definition) is 2. The van der Waals surface area contributed by atoms with Gasteiger partial charge in [0.05, 0.1) is 12.2 Å². The Hall–Kier alpha value is -1.06. The van der Waals surface area contributed by atoms with Gasteiger partial charge in [0.2, 0.25) is 0 Å². The first-order chi connectivity index (χ1) is 5.24. The van der Waals surface area contributed by atoms with Gasteiger partial charge in [0.25, 0.3) is 0 Å². The Morgan fingerprint density at radius 3 is 2.08 bits per heavy atom. The zero-order valence-corrected chi connectivity index (χ0v) is 7.04. The lowest BCUT2D eigenvalue weighted by Gasteiger charge is -1.95. The van der Waals surface area contributed by atoms with E-state index >= 15 is 0 Å². The first-order valence-corrected chi connectivity index (χ1v) is 3.17. The van der Waals surface area contributed by atoms with E-state index in [1.807, 2.05) is 0 Å². The summed E-state index contributed by atoms with van der Waals surface area (Å²) in [5.41, 5.74) is 0.956. The van der Waals surface area contributed by atoms with Crippen molar-refractivity contribution < 1.29 is 15.0 Å². The summed E-state index contributed by atoms with van der Waals surface area (Å²) in [7, 11) is 0. The summed E-state index contributed by atoms with van der Waals surface area (Å²) in [6.07, 6.45) is 0. The minimum atomic E-state index is -0.950. The van der Waals surface area contributed by atoms with Crippen molar-refractivity contribution in [2.45, 2.75) is 6.61 Å². The second kappa shape index (κ2) is 4.74. The van der Waals surface area contributed by atoms with E-state index < -0.39 is 5.97 Å². The van der Waals surface area contributed by atoms with Crippen molar-refractivity contribution in [1.82, 2.24) is 0 Å². The quantitative estimate of drug-likeness (QED) is 0.736. The number of aliphatic hydroxyl groups excluding tert-OH is 1. The van der Waals surface area contributed by atoms with Crippen LogP contribution in [-0.2, 0) is 6.61 Å². The number of benzene rings is 1. The highest BCUT2D eigenvalue weighted by Gasteiger charge is 1.99. The van der Waals surface area contributed by atoms with Crippen molar-refractivity contribution in [1.29, 1.82) is 0 Å². The molecule has 0 aliphatic rings.